The van der Waals surface area contributed by atoms with Gasteiger partial charge in [-0.15, -0.1) is 0 Å². The number of hydrogen-bond acceptors (Lipinski definition) is 7. The molecule has 0 radical (unpaired) electrons. The minimum atomic E-state index is -0.930. The Bertz CT molecular complexity index is 3980. The Morgan fingerprint density at radius 3 is 1.64 bits per heavy atom. The van der Waals surface area contributed by atoms with Crippen molar-refractivity contribution in [3.8, 4) is 0 Å². The maximum absolute atomic E-state index is 13.4. The number of fused-ring (bicyclic) bond motifs is 3. The van der Waals surface area contributed by atoms with Crippen LogP contribution in [0.3, 0.4) is 0 Å². The van der Waals surface area contributed by atoms with E-state index < -0.39 is 5.97 Å². The van der Waals surface area contributed by atoms with Gasteiger partial charge in [0.1, 0.15) is 0 Å². The van der Waals surface area contributed by atoms with E-state index >= 15 is 0 Å². The van der Waals surface area contributed by atoms with Crippen LogP contribution in [0.1, 0.15) is 103 Å². The standard InChI is InChI=1S/C23H25ClN2O.C12H13NO3.C12H11NO2.C12H13NO.2C8H7N.Pd.H2/c24-19-5-7-20(8-6-19)25-13-10-16(11-14-25)21-9-4-17-2-1-3-18-12-15-26(22(17)18)23(21)27;14-11(5-6-12(15)16)13-8-7-9-3-1-2-4-10(9)13;14-10-4-5-11(15)13-7-6-8-2-1-3-9(10)12(8)13;14-11-6-2-5-9-3-1-4-10-7-8-13(11)12(9)10;2*1-2-4-8-7(3-1)5-6-9-8;;/h1-3,5-8,16,21H,4,9-15H2;1-4H,5-8H2,(H,15,16);1-3H,4-7H2;1,3-4H,2,5-8H2;2*1-6,9H;;1H. The average molecular weight is 1330 g/mol. The summed E-state index contributed by atoms with van der Waals surface area (Å²) in [6.07, 6.45) is 15.4. The van der Waals surface area contributed by atoms with Crippen molar-refractivity contribution in [1.82, 2.24) is 9.97 Å². The SMILES string of the molecule is O=C(O)CCC(=O)N1CCc2ccccc21.O=C1C(C2CCN(c3ccc(Cl)cc3)CC2)CCc2cccc3c2N1CC3.O=C1CCC(=O)N2CCc3cccc1c32.O=C1CCCc2cccc3c2N1CC3.[HH].[Pd].c1ccc2[nH]ccc2c1.c1ccc2[nH]ccc2c1. The third kappa shape index (κ3) is 14.6. The van der Waals surface area contributed by atoms with Crippen molar-refractivity contribution in [1.29, 1.82) is 0 Å². The second kappa shape index (κ2) is 29.6. The quantitative estimate of drug-likeness (QED) is 0.143. The van der Waals surface area contributed by atoms with E-state index in [9.17, 15) is 28.8 Å². The number of para-hydroxylation sites is 6. The molecule has 17 rings (SSSR count). The average Bonchev–Trinajstić information content (AvgIpc) is 1.65. The van der Waals surface area contributed by atoms with Gasteiger partial charge in [0.25, 0.3) is 0 Å². The molecule has 7 aromatic carbocycles. The van der Waals surface area contributed by atoms with Crippen molar-refractivity contribution >= 4 is 97.2 Å². The van der Waals surface area contributed by atoms with Gasteiger partial charge in [-0.1, -0.05) is 115 Å². The molecular formula is C75H78ClN7O7Pd. The summed E-state index contributed by atoms with van der Waals surface area (Å²) in [5, 5.41) is 11.9. The van der Waals surface area contributed by atoms with Crippen molar-refractivity contribution < 1.29 is 55.7 Å². The summed E-state index contributed by atoms with van der Waals surface area (Å²) in [6.45, 7) is 5.20. The number of carboxylic acids is 1. The Hall–Kier alpha value is -8.61. The van der Waals surface area contributed by atoms with Crippen molar-refractivity contribution in [2.24, 2.45) is 11.8 Å². The molecule has 14 nitrogen and oxygen atoms in total. The molecule has 1 saturated heterocycles. The normalized spacial score (nSPS) is 17.3. The molecule has 1 fully saturated rings. The Morgan fingerprint density at radius 2 is 1.00 bits per heavy atom. The molecule has 4 amide bonds. The monoisotopic (exact) mass is 1330 g/mol. The van der Waals surface area contributed by atoms with Crippen molar-refractivity contribution in [2.75, 3.05) is 63.8 Å². The second-order valence-electron chi connectivity index (χ2n) is 24.2. The number of nitrogens with one attached hydrogen (secondary N) is 2. The number of aromatic nitrogens is 2. The number of H-pyrrole nitrogens is 2. The Morgan fingerprint density at radius 1 is 0.484 bits per heavy atom. The Kier molecular flexibility index (Phi) is 20.8. The molecule has 9 aromatic rings. The van der Waals surface area contributed by atoms with Gasteiger partial charge in [0, 0.05) is 138 Å². The molecule has 8 aliphatic rings. The van der Waals surface area contributed by atoms with Crippen LogP contribution in [0, 0.1) is 11.8 Å². The van der Waals surface area contributed by atoms with E-state index in [-0.39, 0.29) is 58.2 Å². The number of halogens is 1. The van der Waals surface area contributed by atoms with Gasteiger partial charge in [-0.05, 0) is 175 Å². The maximum Gasteiger partial charge on any atom is 0.303 e. The number of rotatable bonds is 5. The van der Waals surface area contributed by atoms with Crippen LogP contribution in [0.4, 0.5) is 28.4 Å². The number of carboxylic acid groups (broad SMARTS) is 1. The van der Waals surface area contributed by atoms with Crippen LogP contribution < -0.4 is 24.5 Å². The summed E-state index contributed by atoms with van der Waals surface area (Å²) >= 11 is 6.02. The van der Waals surface area contributed by atoms with Crippen molar-refractivity contribution in [3.63, 3.8) is 0 Å². The van der Waals surface area contributed by atoms with Gasteiger partial charge in [-0.2, -0.15) is 0 Å². The summed E-state index contributed by atoms with van der Waals surface area (Å²) in [6, 6.07) is 55.2. The summed E-state index contributed by atoms with van der Waals surface area (Å²) in [4.78, 5) is 87.1. The first kappa shape index (κ1) is 63.9. The predicted molar refractivity (Wildman–Crippen MR) is 360 cm³/mol. The molecule has 1 atom stereocenters. The van der Waals surface area contributed by atoms with Crippen LogP contribution in [0.5, 0.6) is 0 Å². The fourth-order valence-corrected chi connectivity index (χ4v) is 14.3. The summed E-state index contributed by atoms with van der Waals surface area (Å²) < 4.78 is 0. The summed E-state index contributed by atoms with van der Waals surface area (Å²) in [5.74, 6) is 0.525. The zero-order valence-electron chi connectivity index (χ0n) is 51.1. The minimum Gasteiger partial charge on any atom is -0.481 e. The number of carbonyl (C=O) groups is 6. The molecule has 10 heterocycles. The largest absolute Gasteiger partial charge is 0.481 e. The van der Waals surface area contributed by atoms with Crippen molar-refractivity contribution in [3.05, 3.63) is 220 Å². The zero-order chi connectivity index (χ0) is 62.1. The van der Waals surface area contributed by atoms with Crippen molar-refractivity contribution in [2.45, 2.75) is 96.3 Å². The third-order valence-electron chi connectivity index (χ3n) is 18.7. The molecule has 1 unspecified atom stereocenters. The number of aliphatic carboxylic acids is 1. The summed E-state index contributed by atoms with van der Waals surface area (Å²) in [7, 11) is 0. The Labute approximate surface area is 551 Å². The van der Waals surface area contributed by atoms with E-state index in [0.29, 0.717) is 43.5 Å². The molecule has 16 heteroatoms. The number of anilines is 5. The van der Waals surface area contributed by atoms with E-state index in [2.05, 4.69) is 105 Å². The van der Waals surface area contributed by atoms with E-state index in [1.165, 1.54) is 61.1 Å². The predicted octanol–water partition coefficient (Wildman–Crippen LogP) is 14.2. The Balaban J connectivity index is 0.000000126. The van der Waals surface area contributed by atoms with E-state index in [1.54, 1.807) is 9.80 Å². The van der Waals surface area contributed by atoms with Gasteiger partial charge in [0.05, 0.1) is 23.5 Å². The number of ketones is 1. The zero-order valence-corrected chi connectivity index (χ0v) is 53.4. The first-order chi connectivity index (χ1) is 43.9. The molecule has 8 aliphatic heterocycles. The fourth-order valence-electron chi connectivity index (χ4n) is 14.2. The van der Waals surface area contributed by atoms with Crippen LogP contribution >= 0.6 is 11.6 Å². The first-order valence-electron chi connectivity index (χ1n) is 31.9. The second-order valence-corrected chi connectivity index (χ2v) is 24.6. The number of amides is 4. The molecule has 2 aromatic heterocycles. The van der Waals surface area contributed by atoms with E-state index in [1.807, 2.05) is 96.2 Å². The number of aromatic amines is 2. The van der Waals surface area contributed by atoms with E-state index in [4.69, 9.17) is 16.7 Å². The van der Waals surface area contributed by atoms with Gasteiger partial charge in [-0.25, -0.2) is 0 Å². The molecule has 0 bridgehead atoms. The smallest absolute Gasteiger partial charge is 0.303 e. The molecular weight excluding hydrogens is 1250 g/mol. The van der Waals surface area contributed by atoms with E-state index in [0.717, 1.165) is 130 Å². The van der Waals surface area contributed by atoms with Gasteiger partial charge < -0.3 is 39.6 Å². The first-order valence-corrected chi connectivity index (χ1v) is 32.3. The van der Waals surface area contributed by atoms with Crippen LogP contribution in [0.15, 0.2) is 176 Å². The van der Waals surface area contributed by atoms with Gasteiger partial charge in [0.2, 0.25) is 23.6 Å². The van der Waals surface area contributed by atoms with Gasteiger partial charge >= 0.3 is 5.97 Å². The molecule has 0 spiro atoms. The molecule has 91 heavy (non-hydrogen) atoms. The number of piperidine rings is 1. The minimum absolute atomic E-state index is 0. The fraction of sp³-hybridized carbons (Fsp3) is 0.307. The van der Waals surface area contributed by atoms with Gasteiger partial charge in [0.15, 0.2) is 5.78 Å². The third-order valence-corrected chi connectivity index (χ3v) is 19.0. The number of carbonyl (C=O) groups excluding carboxylic acids is 5. The molecule has 3 N–H and O–H groups in total. The van der Waals surface area contributed by atoms with Crippen LogP contribution in [-0.4, -0.2) is 89.7 Å². The van der Waals surface area contributed by atoms with Crippen LogP contribution in [0.2, 0.25) is 5.02 Å². The molecule has 0 saturated carbocycles. The number of Topliss-reactive ketones (excluding diaryl/α,β-unsaturated/α-hetero) is 1. The topological polar surface area (TPSA) is 170 Å². The van der Waals surface area contributed by atoms with Gasteiger partial charge in [-0.3, -0.25) is 28.8 Å². The number of aryl methyl sites for hydroxylation is 2. The number of hydrogen-bond donors (Lipinski definition) is 3. The molecule has 0 aliphatic carbocycles. The van der Waals surface area contributed by atoms with Crippen LogP contribution in [0.25, 0.3) is 21.8 Å². The molecule has 472 valence electrons. The number of benzene rings is 7. The maximum atomic E-state index is 13.4. The van der Waals surface area contributed by atoms with Crippen LogP contribution in [-0.2, 0) is 82.9 Å². The summed E-state index contributed by atoms with van der Waals surface area (Å²) in [5.41, 5.74) is 16.4. The number of nitrogens with zero attached hydrogens (tertiary/aromatic N) is 5.